The van der Waals surface area contributed by atoms with Crippen molar-refractivity contribution in [3.8, 4) is 0 Å². The highest BCUT2D eigenvalue weighted by molar-refractivity contribution is 5.73. The molecular formula is C13H15N3. The van der Waals surface area contributed by atoms with Gasteiger partial charge in [-0.05, 0) is 24.5 Å². The van der Waals surface area contributed by atoms with Crippen molar-refractivity contribution in [2.75, 3.05) is 0 Å². The Morgan fingerprint density at radius 3 is 2.81 bits per heavy atom. The molecule has 1 N–H and O–H groups in total. The Labute approximate surface area is 94.9 Å². The molecule has 0 saturated heterocycles. The van der Waals surface area contributed by atoms with Gasteiger partial charge in [-0.2, -0.15) is 0 Å². The van der Waals surface area contributed by atoms with Gasteiger partial charge < -0.3 is 5.32 Å². The lowest BCUT2D eigenvalue weighted by molar-refractivity contribution is 0.642. The van der Waals surface area contributed by atoms with Crippen molar-refractivity contribution in [1.29, 1.82) is 0 Å². The maximum atomic E-state index is 4.57. The molecule has 3 heteroatoms. The van der Waals surface area contributed by atoms with Crippen LogP contribution in [0.1, 0.15) is 19.0 Å². The highest BCUT2D eigenvalue weighted by atomic mass is 15.0. The maximum Gasteiger partial charge on any atom is 0.0890 e. The van der Waals surface area contributed by atoms with Crippen LogP contribution in [0.5, 0.6) is 0 Å². The lowest BCUT2D eigenvalue weighted by atomic mass is 10.3. The van der Waals surface area contributed by atoms with Crippen molar-refractivity contribution in [1.82, 2.24) is 15.3 Å². The van der Waals surface area contributed by atoms with Crippen molar-refractivity contribution in [2.45, 2.75) is 25.9 Å². The lowest BCUT2D eigenvalue weighted by Crippen LogP contribution is -2.18. The van der Waals surface area contributed by atoms with Crippen LogP contribution in [0, 0.1) is 5.92 Å². The van der Waals surface area contributed by atoms with E-state index in [4.69, 9.17) is 0 Å². The molecule has 0 amide bonds. The molecule has 1 aromatic heterocycles. The fraction of sp³-hybridized carbons (Fsp3) is 0.385. The lowest BCUT2D eigenvalue weighted by Gasteiger charge is -2.03. The van der Waals surface area contributed by atoms with Gasteiger partial charge in [-0.15, -0.1) is 0 Å². The van der Waals surface area contributed by atoms with Gasteiger partial charge in [0.2, 0.25) is 0 Å². The average molecular weight is 213 g/mol. The van der Waals surface area contributed by atoms with Gasteiger partial charge in [0.15, 0.2) is 0 Å². The van der Waals surface area contributed by atoms with Crippen LogP contribution >= 0.6 is 0 Å². The second-order valence-electron chi connectivity index (χ2n) is 4.55. The van der Waals surface area contributed by atoms with Crippen LogP contribution in [0.25, 0.3) is 11.0 Å². The minimum absolute atomic E-state index is 0.688. The molecule has 0 aliphatic heterocycles. The minimum Gasteiger partial charge on any atom is -0.308 e. The van der Waals surface area contributed by atoms with Crippen molar-refractivity contribution < 1.29 is 0 Å². The van der Waals surface area contributed by atoms with E-state index in [1.165, 1.54) is 6.42 Å². The van der Waals surface area contributed by atoms with E-state index in [1.807, 2.05) is 30.5 Å². The number of fused-ring (bicyclic) bond motifs is 1. The van der Waals surface area contributed by atoms with E-state index in [1.54, 1.807) is 0 Å². The van der Waals surface area contributed by atoms with Crippen LogP contribution in [0.3, 0.4) is 0 Å². The monoisotopic (exact) mass is 213 g/mol. The van der Waals surface area contributed by atoms with Crippen LogP contribution in [0.2, 0.25) is 0 Å². The molecule has 82 valence electrons. The van der Waals surface area contributed by atoms with E-state index in [-0.39, 0.29) is 0 Å². The molecular weight excluding hydrogens is 198 g/mol. The number of benzene rings is 1. The van der Waals surface area contributed by atoms with Gasteiger partial charge in [0.05, 0.1) is 22.9 Å². The summed E-state index contributed by atoms with van der Waals surface area (Å²) in [6.45, 7) is 3.09. The smallest absolute Gasteiger partial charge is 0.0890 e. The van der Waals surface area contributed by atoms with Crippen LogP contribution in [0.15, 0.2) is 30.5 Å². The molecule has 1 heterocycles. The summed E-state index contributed by atoms with van der Waals surface area (Å²) in [5, 5.41) is 3.48. The Hall–Kier alpha value is -1.48. The average Bonchev–Trinajstić information content (AvgIpc) is 3.03. The Bertz CT molecular complexity index is 509. The number of para-hydroxylation sites is 2. The Morgan fingerprint density at radius 2 is 2.06 bits per heavy atom. The number of nitrogens with zero attached hydrogens (tertiary/aromatic N) is 2. The molecule has 1 aliphatic rings. The van der Waals surface area contributed by atoms with Gasteiger partial charge in [-0.25, -0.2) is 4.98 Å². The molecule has 1 saturated carbocycles. The second-order valence-corrected chi connectivity index (χ2v) is 4.55. The molecule has 1 fully saturated rings. The normalized spacial score (nSPS) is 23.6. The highest BCUT2D eigenvalue weighted by Gasteiger charge is 2.31. The van der Waals surface area contributed by atoms with Crippen LogP contribution < -0.4 is 5.32 Å². The molecule has 1 aliphatic carbocycles. The third kappa shape index (κ3) is 1.91. The zero-order chi connectivity index (χ0) is 11.0. The largest absolute Gasteiger partial charge is 0.308 e. The van der Waals surface area contributed by atoms with Crippen LogP contribution in [-0.4, -0.2) is 16.0 Å². The third-order valence-electron chi connectivity index (χ3n) is 3.15. The molecule has 0 spiro atoms. The molecule has 3 rings (SSSR count). The fourth-order valence-corrected chi connectivity index (χ4v) is 1.92. The SMILES string of the molecule is CC1CC1NCc1cnc2ccccc2n1. The molecule has 0 radical (unpaired) electrons. The van der Waals surface area contributed by atoms with E-state index in [0.717, 1.165) is 29.2 Å². The standard InChI is InChI=1S/C13H15N3/c1-9-6-13(9)15-8-10-7-14-11-4-2-3-5-12(11)16-10/h2-5,7,9,13,15H,6,8H2,1H3. The molecule has 1 aromatic carbocycles. The summed E-state index contributed by atoms with van der Waals surface area (Å²) in [7, 11) is 0. The summed E-state index contributed by atoms with van der Waals surface area (Å²) in [5.74, 6) is 0.827. The summed E-state index contributed by atoms with van der Waals surface area (Å²) >= 11 is 0. The van der Waals surface area contributed by atoms with Gasteiger partial charge in [-0.1, -0.05) is 19.1 Å². The van der Waals surface area contributed by atoms with E-state index in [0.29, 0.717) is 6.04 Å². The Kier molecular flexibility index (Phi) is 2.33. The number of hydrogen-bond donors (Lipinski definition) is 1. The van der Waals surface area contributed by atoms with Crippen molar-refractivity contribution >= 4 is 11.0 Å². The zero-order valence-corrected chi connectivity index (χ0v) is 9.35. The second kappa shape index (κ2) is 3.83. The van der Waals surface area contributed by atoms with Crippen molar-refractivity contribution in [2.24, 2.45) is 5.92 Å². The molecule has 2 unspecified atom stereocenters. The van der Waals surface area contributed by atoms with Gasteiger partial charge in [0, 0.05) is 12.6 Å². The molecule has 16 heavy (non-hydrogen) atoms. The predicted molar refractivity (Wildman–Crippen MR) is 63.9 cm³/mol. The first-order chi connectivity index (χ1) is 7.83. The molecule has 2 aromatic rings. The fourth-order valence-electron chi connectivity index (χ4n) is 1.92. The Balaban J connectivity index is 1.77. The molecule has 0 bridgehead atoms. The van der Waals surface area contributed by atoms with Crippen LogP contribution in [-0.2, 0) is 6.54 Å². The summed E-state index contributed by atoms with van der Waals surface area (Å²) in [6, 6.07) is 8.67. The van der Waals surface area contributed by atoms with Gasteiger partial charge in [0.1, 0.15) is 0 Å². The van der Waals surface area contributed by atoms with Gasteiger partial charge in [0.25, 0.3) is 0 Å². The van der Waals surface area contributed by atoms with E-state index >= 15 is 0 Å². The number of rotatable bonds is 3. The summed E-state index contributed by atoms with van der Waals surface area (Å²) in [4.78, 5) is 8.97. The highest BCUT2D eigenvalue weighted by Crippen LogP contribution is 2.29. The van der Waals surface area contributed by atoms with E-state index < -0.39 is 0 Å². The van der Waals surface area contributed by atoms with Gasteiger partial charge in [-0.3, -0.25) is 4.98 Å². The van der Waals surface area contributed by atoms with E-state index in [2.05, 4.69) is 22.2 Å². The molecule has 2 atom stereocenters. The van der Waals surface area contributed by atoms with Crippen LogP contribution in [0.4, 0.5) is 0 Å². The third-order valence-corrected chi connectivity index (χ3v) is 3.15. The number of hydrogen-bond acceptors (Lipinski definition) is 3. The topological polar surface area (TPSA) is 37.8 Å². The number of aromatic nitrogens is 2. The van der Waals surface area contributed by atoms with Gasteiger partial charge >= 0.3 is 0 Å². The van der Waals surface area contributed by atoms with Crippen molar-refractivity contribution in [3.05, 3.63) is 36.2 Å². The zero-order valence-electron chi connectivity index (χ0n) is 9.35. The summed E-state index contributed by atoms with van der Waals surface area (Å²) < 4.78 is 0. The first-order valence-electron chi connectivity index (χ1n) is 5.77. The summed E-state index contributed by atoms with van der Waals surface area (Å²) in [6.07, 6.45) is 3.16. The maximum absolute atomic E-state index is 4.57. The number of nitrogens with one attached hydrogen (secondary N) is 1. The first kappa shape index (κ1) is 9.73. The molecule has 3 nitrogen and oxygen atoms in total. The van der Waals surface area contributed by atoms with E-state index in [9.17, 15) is 0 Å². The quantitative estimate of drug-likeness (QED) is 0.848. The summed E-state index contributed by atoms with van der Waals surface area (Å²) in [5.41, 5.74) is 2.97. The van der Waals surface area contributed by atoms with Crippen molar-refractivity contribution in [3.63, 3.8) is 0 Å². The predicted octanol–water partition coefficient (Wildman–Crippen LogP) is 2.13. The minimum atomic E-state index is 0.688. The first-order valence-corrected chi connectivity index (χ1v) is 5.77. The Morgan fingerprint density at radius 1 is 1.31 bits per heavy atom.